The van der Waals surface area contributed by atoms with Gasteiger partial charge < -0.3 is 0 Å². The van der Waals surface area contributed by atoms with E-state index >= 15 is 0 Å². The molecule has 0 unspecified atom stereocenters. The van der Waals surface area contributed by atoms with E-state index in [0.717, 1.165) is 5.56 Å². The zero-order chi connectivity index (χ0) is 9.84. The third kappa shape index (κ3) is 2.90. The molecule has 3 nitrogen and oxygen atoms in total. The van der Waals surface area contributed by atoms with Crippen LogP contribution in [0.4, 0.5) is 0 Å². The lowest BCUT2D eigenvalue weighted by atomic mass is 10.2. The van der Waals surface area contributed by atoms with E-state index < -0.39 is 0 Å². The maximum Gasteiger partial charge on any atom is 0.317 e. The molecule has 0 aromatic heterocycles. The normalized spacial score (nSPS) is 12.2. The van der Waals surface area contributed by atoms with E-state index in [-0.39, 0.29) is 8.63 Å². The summed E-state index contributed by atoms with van der Waals surface area (Å²) < 4.78 is 0.827. The predicted molar refractivity (Wildman–Crippen MR) is 68.4 cm³/mol. The van der Waals surface area contributed by atoms with Crippen LogP contribution in [0.5, 0.6) is 0 Å². The average molecular weight is 401 g/mol. The molecule has 5 heteroatoms. The van der Waals surface area contributed by atoms with Gasteiger partial charge in [-0.3, -0.25) is 10.1 Å². The highest BCUT2D eigenvalue weighted by Gasteiger charge is 2.12. The quantitative estimate of drug-likeness (QED) is 0.330. The zero-order valence-electron chi connectivity index (χ0n) is 6.41. The van der Waals surface area contributed by atoms with Crippen LogP contribution in [0.15, 0.2) is 34.0 Å². The molecule has 0 aliphatic carbocycles. The summed E-state index contributed by atoms with van der Waals surface area (Å²) in [5.41, 5.74) is 0.879. The van der Waals surface area contributed by atoms with Crippen molar-refractivity contribution < 1.29 is 4.92 Å². The van der Waals surface area contributed by atoms with Crippen LogP contribution in [0.2, 0.25) is 0 Å². The fraction of sp³-hybridized carbons (Fsp3) is 0. The molecule has 0 heterocycles. The highest BCUT2D eigenvalue weighted by atomic mass is 127. The molecule has 0 N–H and O–H groups in total. The third-order valence-electron chi connectivity index (χ3n) is 1.37. The third-order valence-corrected chi connectivity index (χ3v) is 4.47. The van der Waals surface area contributed by atoms with E-state index in [1.165, 1.54) is 0 Å². The second-order valence-electron chi connectivity index (χ2n) is 2.23. The molecular weight excluding hydrogens is 396 g/mol. The molecular formula is C8H5I2NO2. The van der Waals surface area contributed by atoms with Crippen LogP contribution in [-0.2, 0) is 0 Å². The van der Waals surface area contributed by atoms with Gasteiger partial charge in [0.15, 0.2) is 0 Å². The summed E-state index contributed by atoms with van der Waals surface area (Å²) in [5.74, 6) is 0. The number of nitro groups is 1. The van der Waals surface area contributed by atoms with Crippen LogP contribution in [0.3, 0.4) is 0 Å². The molecule has 68 valence electrons. The van der Waals surface area contributed by atoms with Crippen molar-refractivity contribution in [2.24, 2.45) is 0 Å². The predicted octanol–water partition coefficient (Wildman–Crippen LogP) is 3.46. The molecule has 0 saturated heterocycles. The van der Waals surface area contributed by atoms with E-state index in [9.17, 15) is 10.1 Å². The lowest BCUT2D eigenvalue weighted by Crippen LogP contribution is -1.92. The van der Waals surface area contributed by atoms with Crippen molar-refractivity contribution in [3.05, 3.63) is 49.7 Å². The fourth-order valence-electron chi connectivity index (χ4n) is 0.784. The number of hydrogen-bond donors (Lipinski definition) is 0. The van der Waals surface area contributed by atoms with Crippen molar-refractivity contribution in [3.8, 4) is 0 Å². The topological polar surface area (TPSA) is 43.1 Å². The van der Waals surface area contributed by atoms with E-state index in [4.69, 9.17) is 0 Å². The SMILES string of the molecule is O=[N+]([O-])/C(I)=C(\I)c1ccccc1. The molecule has 0 amide bonds. The molecule has 1 rings (SSSR count). The van der Waals surface area contributed by atoms with E-state index in [1.807, 2.05) is 52.9 Å². The molecule has 0 fully saturated rings. The lowest BCUT2D eigenvalue weighted by molar-refractivity contribution is -0.405. The molecule has 0 atom stereocenters. The van der Waals surface area contributed by atoms with Crippen molar-refractivity contribution in [1.29, 1.82) is 0 Å². The Morgan fingerprint density at radius 2 is 1.77 bits per heavy atom. The molecule has 1 aromatic carbocycles. The average Bonchev–Trinajstić information content (AvgIpc) is 2.17. The van der Waals surface area contributed by atoms with Crippen molar-refractivity contribution >= 4 is 48.8 Å². The second-order valence-corrected chi connectivity index (χ2v) is 4.33. The smallest absolute Gasteiger partial charge is 0.258 e. The Labute approximate surface area is 103 Å². The van der Waals surface area contributed by atoms with Gasteiger partial charge in [0.2, 0.25) is 0 Å². The molecule has 13 heavy (non-hydrogen) atoms. The van der Waals surface area contributed by atoms with Gasteiger partial charge in [-0.25, -0.2) is 0 Å². The Kier molecular flexibility index (Phi) is 4.10. The molecule has 0 aliphatic heterocycles. The molecule has 1 aromatic rings. The van der Waals surface area contributed by atoms with E-state index in [0.29, 0.717) is 3.58 Å². The highest BCUT2D eigenvalue weighted by Crippen LogP contribution is 2.29. The maximum atomic E-state index is 10.4. The Morgan fingerprint density at radius 3 is 2.23 bits per heavy atom. The number of hydrogen-bond acceptors (Lipinski definition) is 2. The Morgan fingerprint density at radius 1 is 1.23 bits per heavy atom. The monoisotopic (exact) mass is 401 g/mol. The van der Waals surface area contributed by atoms with Gasteiger partial charge in [0.25, 0.3) is 0 Å². The van der Waals surface area contributed by atoms with Crippen LogP contribution < -0.4 is 0 Å². The first kappa shape index (κ1) is 10.9. The number of rotatable bonds is 2. The number of halogens is 2. The van der Waals surface area contributed by atoms with Gasteiger partial charge in [-0.2, -0.15) is 0 Å². The van der Waals surface area contributed by atoms with E-state index in [1.54, 1.807) is 22.6 Å². The summed E-state index contributed by atoms with van der Waals surface area (Å²) in [7, 11) is 0. The Balaban J connectivity index is 3.11. The standard InChI is InChI=1S/C8H5I2NO2/c9-7(8(10)11(12)13)6-4-2-1-3-5-6/h1-5H/b8-7-. The van der Waals surface area contributed by atoms with Gasteiger partial charge in [0.05, 0.1) is 4.92 Å². The van der Waals surface area contributed by atoms with Crippen molar-refractivity contribution in [2.75, 3.05) is 0 Å². The minimum Gasteiger partial charge on any atom is -0.258 e. The second kappa shape index (κ2) is 4.89. The van der Waals surface area contributed by atoms with Gasteiger partial charge >= 0.3 is 3.70 Å². The molecule has 0 bridgehead atoms. The summed E-state index contributed by atoms with van der Waals surface area (Å²) in [6.45, 7) is 0. The van der Waals surface area contributed by atoms with Crippen LogP contribution >= 0.6 is 45.2 Å². The minimum atomic E-state index is -0.380. The van der Waals surface area contributed by atoms with Crippen molar-refractivity contribution in [2.45, 2.75) is 0 Å². The summed E-state index contributed by atoms with van der Waals surface area (Å²) in [4.78, 5) is 10.1. The number of nitrogens with zero attached hydrogens (tertiary/aromatic N) is 1. The Bertz CT molecular complexity index is 348. The van der Waals surface area contributed by atoms with Crippen LogP contribution in [0.1, 0.15) is 5.56 Å². The van der Waals surface area contributed by atoms with E-state index in [2.05, 4.69) is 0 Å². The minimum absolute atomic E-state index is 0.157. The van der Waals surface area contributed by atoms with Gasteiger partial charge in [-0.15, -0.1) is 0 Å². The van der Waals surface area contributed by atoms with Crippen molar-refractivity contribution in [3.63, 3.8) is 0 Å². The summed E-state index contributed by atoms with van der Waals surface area (Å²) in [6, 6.07) is 9.30. The number of benzene rings is 1. The molecule has 0 radical (unpaired) electrons. The maximum absolute atomic E-state index is 10.4. The summed E-state index contributed by atoms with van der Waals surface area (Å²) in [6.07, 6.45) is 0. The van der Waals surface area contributed by atoms with Crippen LogP contribution in [0.25, 0.3) is 3.58 Å². The van der Waals surface area contributed by atoms with Crippen LogP contribution in [0, 0.1) is 10.1 Å². The largest absolute Gasteiger partial charge is 0.317 e. The first-order valence-electron chi connectivity index (χ1n) is 3.38. The summed E-state index contributed by atoms with van der Waals surface area (Å²) >= 11 is 3.71. The van der Waals surface area contributed by atoms with Gasteiger partial charge in [-0.05, 0) is 28.2 Å². The first-order valence-corrected chi connectivity index (χ1v) is 5.53. The molecule has 0 aliphatic rings. The molecule has 0 saturated carbocycles. The zero-order valence-corrected chi connectivity index (χ0v) is 10.7. The summed E-state index contributed by atoms with van der Waals surface area (Å²) in [5, 5.41) is 10.4. The Hall–Kier alpha value is -0.180. The van der Waals surface area contributed by atoms with Crippen LogP contribution in [-0.4, -0.2) is 4.92 Å². The lowest BCUT2D eigenvalue weighted by Gasteiger charge is -1.97. The van der Waals surface area contributed by atoms with Gasteiger partial charge in [-0.1, -0.05) is 30.3 Å². The highest BCUT2D eigenvalue weighted by molar-refractivity contribution is 14.1. The van der Waals surface area contributed by atoms with Crippen molar-refractivity contribution in [1.82, 2.24) is 0 Å². The fourth-order valence-corrected chi connectivity index (χ4v) is 1.65. The molecule has 0 spiro atoms. The van der Waals surface area contributed by atoms with Gasteiger partial charge in [0, 0.05) is 22.6 Å². The van der Waals surface area contributed by atoms with Gasteiger partial charge in [0.1, 0.15) is 3.58 Å². The first-order chi connectivity index (χ1) is 6.13.